The van der Waals surface area contributed by atoms with E-state index >= 15 is 0 Å². The first-order valence-electron chi connectivity index (χ1n) is 9.52. The molecular weight excluding hydrogens is 385 g/mol. The Bertz CT molecular complexity index is 1230. The van der Waals surface area contributed by atoms with Gasteiger partial charge in [-0.05, 0) is 36.2 Å². The molecule has 0 radical (unpaired) electrons. The van der Waals surface area contributed by atoms with E-state index in [4.69, 9.17) is 0 Å². The molecular formula is C22H20FN5O2. The van der Waals surface area contributed by atoms with Gasteiger partial charge < -0.3 is 10.4 Å². The van der Waals surface area contributed by atoms with Gasteiger partial charge in [0.2, 0.25) is 0 Å². The fraction of sp³-hybridized carbons (Fsp3) is 0.182. The van der Waals surface area contributed by atoms with Crippen molar-refractivity contribution in [1.29, 1.82) is 0 Å². The minimum Gasteiger partial charge on any atom is -0.478 e. The molecule has 2 aromatic carbocycles. The largest absolute Gasteiger partial charge is 0.478 e. The molecule has 2 aromatic heterocycles. The molecule has 0 spiro atoms. The molecule has 152 valence electrons. The molecule has 0 unspecified atom stereocenters. The fourth-order valence-electron chi connectivity index (χ4n) is 3.31. The van der Waals surface area contributed by atoms with E-state index in [1.807, 2.05) is 14.0 Å². The number of aromatic nitrogens is 4. The Morgan fingerprint density at radius 3 is 2.63 bits per heavy atom. The lowest BCUT2D eigenvalue weighted by Crippen LogP contribution is -2.05. The molecule has 4 aromatic rings. The smallest absolute Gasteiger partial charge is 0.335 e. The fourth-order valence-corrected chi connectivity index (χ4v) is 3.31. The van der Waals surface area contributed by atoms with Crippen molar-refractivity contribution in [3.05, 3.63) is 71.2 Å². The van der Waals surface area contributed by atoms with Crippen molar-refractivity contribution in [3.63, 3.8) is 0 Å². The van der Waals surface area contributed by atoms with Gasteiger partial charge in [-0.3, -0.25) is 0 Å². The zero-order valence-electron chi connectivity index (χ0n) is 16.6. The van der Waals surface area contributed by atoms with E-state index in [1.54, 1.807) is 35.0 Å². The Kier molecular flexibility index (Phi) is 5.14. The van der Waals surface area contributed by atoms with E-state index in [0.717, 1.165) is 16.6 Å². The zero-order chi connectivity index (χ0) is 21.3. The average molecular weight is 405 g/mol. The average Bonchev–Trinajstić information content (AvgIpc) is 3.09. The molecule has 0 fully saturated rings. The summed E-state index contributed by atoms with van der Waals surface area (Å²) >= 11 is 0. The molecule has 2 N–H and O–H groups in total. The summed E-state index contributed by atoms with van der Waals surface area (Å²) in [6.45, 7) is 2.45. The van der Waals surface area contributed by atoms with Crippen molar-refractivity contribution in [2.24, 2.45) is 7.05 Å². The maximum atomic E-state index is 13.2. The Morgan fingerprint density at radius 2 is 1.93 bits per heavy atom. The molecule has 0 aliphatic carbocycles. The van der Waals surface area contributed by atoms with Gasteiger partial charge in [-0.25, -0.2) is 23.8 Å². The van der Waals surface area contributed by atoms with Gasteiger partial charge >= 0.3 is 5.97 Å². The lowest BCUT2D eigenvalue weighted by molar-refractivity contribution is 0.0697. The van der Waals surface area contributed by atoms with Crippen LogP contribution in [0.2, 0.25) is 0 Å². The van der Waals surface area contributed by atoms with Crippen LogP contribution >= 0.6 is 0 Å². The monoisotopic (exact) mass is 405 g/mol. The Labute approximate surface area is 172 Å². The Morgan fingerprint density at radius 1 is 1.17 bits per heavy atom. The van der Waals surface area contributed by atoms with Crippen molar-refractivity contribution in [1.82, 2.24) is 19.7 Å². The number of nitrogens with one attached hydrogen (secondary N) is 1. The zero-order valence-corrected chi connectivity index (χ0v) is 16.6. The van der Waals surface area contributed by atoms with E-state index in [2.05, 4.69) is 20.4 Å². The van der Waals surface area contributed by atoms with E-state index < -0.39 is 5.97 Å². The number of benzene rings is 2. The quantitative estimate of drug-likeness (QED) is 0.503. The SMILES string of the molecule is CCc1nn(C)c2nc(-c3cccc(C(=O)O)c3)nc(NCc3ccc(F)cc3)c12. The lowest BCUT2D eigenvalue weighted by Gasteiger charge is -2.10. The molecule has 0 atom stereocenters. The second-order valence-corrected chi connectivity index (χ2v) is 6.88. The van der Waals surface area contributed by atoms with Crippen LogP contribution in [0.4, 0.5) is 10.2 Å². The molecule has 0 aliphatic heterocycles. The number of hydrogen-bond acceptors (Lipinski definition) is 5. The van der Waals surface area contributed by atoms with Gasteiger partial charge in [0.05, 0.1) is 16.6 Å². The van der Waals surface area contributed by atoms with Crippen LogP contribution in [0.3, 0.4) is 0 Å². The molecule has 0 aliphatic rings. The number of anilines is 1. The van der Waals surface area contributed by atoms with Crippen LogP contribution in [0.25, 0.3) is 22.4 Å². The number of hydrogen-bond donors (Lipinski definition) is 2. The lowest BCUT2D eigenvalue weighted by atomic mass is 10.1. The number of aromatic carboxylic acids is 1. The number of rotatable bonds is 6. The molecule has 7 nitrogen and oxygen atoms in total. The summed E-state index contributed by atoms with van der Waals surface area (Å²) in [6, 6.07) is 12.8. The van der Waals surface area contributed by atoms with Gasteiger partial charge in [0.15, 0.2) is 11.5 Å². The van der Waals surface area contributed by atoms with Crippen molar-refractivity contribution < 1.29 is 14.3 Å². The van der Waals surface area contributed by atoms with Gasteiger partial charge in [0, 0.05) is 19.2 Å². The van der Waals surface area contributed by atoms with E-state index in [9.17, 15) is 14.3 Å². The van der Waals surface area contributed by atoms with E-state index in [0.29, 0.717) is 35.8 Å². The maximum absolute atomic E-state index is 13.2. The number of aryl methyl sites for hydroxylation is 2. The number of fused-ring (bicyclic) bond motifs is 1. The first-order chi connectivity index (χ1) is 14.5. The first-order valence-corrected chi connectivity index (χ1v) is 9.52. The highest BCUT2D eigenvalue weighted by Gasteiger charge is 2.18. The van der Waals surface area contributed by atoms with Crippen molar-refractivity contribution >= 4 is 22.8 Å². The van der Waals surface area contributed by atoms with Crippen LogP contribution in [0.5, 0.6) is 0 Å². The third-order valence-electron chi connectivity index (χ3n) is 4.83. The van der Waals surface area contributed by atoms with E-state index in [1.165, 1.54) is 18.2 Å². The summed E-state index contributed by atoms with van der Waals surface area (Å²) in [5, 5.41) is 18.0. The predicted molar refractivity (Wildman–Crippen MR) is 112 cm³/mol. The Hall–Kier alpha value is -3.81. The van der Waals surface area contributed by atoms with Crippen LogP contribution in [-0.4, -0.2) is 30.8 Å². The van der Waals surface area contributed by atoms with Crippen LogP contribution in [-0.2, 0) is 20.0 Å². The number of carboxylic acid groups (broad SMARTS) is 1. The highest BCUT2D eigenvalue weighted by atomic mass is 19.1. The molecule has 4 rings (SSSR count). The second-order valence-electron chi connectivity index (χ2n) is 6.88. The number of carboxylic acids is 1. The topological polar surface area (TPSA) is 92.9 Å². The highest BCUT2D eigenvalue weighted by Crippen LogP contribution is 2.28. The summed E-state index contributed by atoms with van der Waals surface area (Å²) in [6.07, 6.45) is 0.708. The van der Waals surface area contributed by atoms with Gasteiger partial charge in [-0.15, -0.1) is 0 Å². The number of halogens is 1. The normalized spacial score (nSPS) is 11.0. The minimum atomic E-state index is -1.01. The molecule has 0 saturated heterocycles. The molecule has 30 heavy (non-hydrogen) atoms. The standard InChI is InChI=1S/C22H20FN5O2/c1-3-17-18-20(24-12-13-7-9-16(23)10-8-13)25-19(26-21(18)28(2)27-17)14-5-4-6-15(11-14)22(29)30/h4-11H,3,12H2,1-2H3,(H,29,30)(H,24,25,26). The molecule has 2 heterocycles. The van der Waals surface area contributed by atoms with Gasteiger partial charge in [0.25, 0.3) is 0 Å². The Balaban J connectivity index is 1.81. The van der Waals surface area contributed by atoms with Crippen LogP contribution in [0.15, 0.2) is 48.5 Å². The summed E-state index contributed by atoms with van der Waals surface area (Å²) in [5.41, 5.74) is 3.18. The summed E-state index contributed by atoms with van der Waals surface area (Å²) in [4.78, 5) is 20.7. The second kappa shape index (κ2) is 7.90. The predicted octanol–water partition coefficient (Wildman–Crippen LogP) is 4.04. The number of carbonyl (C=O) groups is 1. The van der Waals surface area contributed by atoms with Crippen molar-refractivity contribution in [2.75, 3.05) is 5.32 Å². The summed E-state index contributed by atoms with van der Waals surface area (Å²) in [7, 11) is 1.82. The van der Waals surface area contributed by atoms with E-state index in [-0.39, 0.29) is 11.4 Å². The van der Waals surface area contributed by atoms with Crippen molar-refractivity contribution in [2.45, 2.75) is 19.9 Å². The molecule has 0 amide bonds. The van der Waals surface area contributed by atoms with Crippen LogP contribution in [0.1, 0.15) is 28.5 Å². The third-order valence-corrected chi connectivity index (χ3v) is 4.83. The summed E-state index contributed by atoms with van der Waals surface area (Å²) < 4.78 is 14.9. The molecule has 0 saturated carbocycles. The maximum Gasteiger partial charge on any atom is 0.335 e. The van der Waals surface area contributed by atoms with Crippen LogP contribution in [0, 0.1) is 5.82 Å². The molecule has 0 bridgehead atoms. The first kappa shape index (κ1) is 19.5. The third kappa shape index (κ3) is 3.71. The summed E-state index contributed by atoms with van der Waals surface area (Å²) in [5.74, 6) is -0.298. The van der Waals surface area contributed by atoms with Gasteiger partial charge in [0.1, 0.15) is 11.6 Å². The van der Waals surface area contributed by atoms with Crippen LogP contribution < -0.4 is 5.32 Å². The molecule has 8 heteroatoms. The van der Waals surface area contributed by atoms with Gasteiger partial charge in [-0.2, -0.15) is 5.10 Å². The minimum absolute atomic E-state index is 0.163. The highest BCUT2D eigenvalue weighted by molar-refractivity contribution is 5.92. The van der Waals surface area contributed by atoms with Crippen molar-refractivity contribution in [3.8, 4) is 11.4 Å². The number of nitrogens with zero attached hydrogens (tertiary/aromatic N) is 4. The van der Waals surface area contributed by atoms with Gasteiger partial charge in [-0.1, -0.05) is 31.2 Å².